The van der Waals surface area contributed by atoms with E-state index in [1.807, 2.05) is 12.2 Å². The molecule has 0 aromatic carbocycles. The summed E-state index contributed by atoms with van der Waals surface area (Å²) in [7, 11) is 0. The standard InChI is InChI=1S/C16H14Cl2N2O4/c17-3-19-13(21)9-5-1-2-6(10(9)14(19)22)8-7(5)11-12(8)16(24)20(4-18)15(11)23/h1-2,5-12H,3-4H2/t5-,6-,7-,8+,9-,10-,11-,12-/m1/s1. The minimum atomic E-state index is -0.443. The van der Waals surface area contributed by atoms with E-state index >= 15 is 0 Å². The van der Waals surface area contributed by atoms with Crippen LogP contribution in [-0.2, 0) is 19.2 Å². The number of carbonyl (C=O) groups is 4. The van der Waals surface area contributed by atoms with Crippen LogP contribution < -0.4 is 0 Å². The number of amides is 4. The molecule has 0 aromatic heterocycles. The Labute approximate surface area is 147 Å². The molecule has 0 radical (unpaired) electrons. The third kappa shape index (κ3) is 1.38. The van der Waals surface area contributed by atoms with Crippen LogP contribution in [0.15, 0.2) is 12.2 Å². The number of alkyl halides is 2. The lowest BCUT2D eigenvalue weighted by molar-refractivity contribution is -0.166. The van der Waals surface area contributed by atoms with Crippen molar-refractivity contribution in [3.05, 3.63) is 12.2 Å². The van der Waals surface area contributed by atoms with Crippen molar-refractivity contribution in [3.63, 3.8) is 0 Å². The monoisotopic (exact) mass is 368 g/mol. The maximum absolute atomic E-state index is 12.6. The van der Waals surface area contributed by atoms with Crippen LogP contribution in [0.1, 0.15) is 0 Å². The highest BCUT2D eigenvalue weighted by Gasteiger charge is 2.74. The zero-order valence-electron chi connectivity index (χ0n) is 12.5. The van der Waals surface area contributed by atoms with Crippen LogP contribution in [0.2, 0.25) is 0 Å². The van der Waals surface area contributed by atoms with Gasteiger partial charge in [0.15, 0.2) is 0 Å². The van der Waals surface area contributed by atoms with Crippen LogP contribution in [0.4, 0.5) is 0 Å². The van der Waals surface area contributed by atoms with Crippen molar-refractivity contribution in [1.29, 1.82) is 0 Å². The summed E-state index contributed by atoms with van der Waals surface area (Å²) in [5.41, 5.74) is 0. The van der Waals surface area contributed by atoms with Crippen molar-refractivity contribution in [2.24, 2.45) is 47.3 Å². The van der Waals surface area contributed by atoms with Gasteiger partial charge in [-0.2, -0.15) is 0 Å². The van der Waals surface area contributed by atoms with Crippen molar-refractivity contribution in [1.82, 2.24) is 9.80 Å². The van der Waals surface area contributed by atoms with E-state index in [2.05, 4.69) is 0 Å². The Balaban J connectivity index is 1.57. The second-order valence-corrected chi connectivity index (χ2v) is 7.72. The first-order valence-corrected chi connectivity index (χ1v) is 9.10. The zero-order valence-corrected chi connectivity index (χ0v) is 14.0. The summed E-state index contributed by atoms with van der Waals surface area (Å²) in [4.78, 5) is 52.5. The summed E-state index contributed by atoms with van der Waals surface area (Å²) in [6.07, 6.45) is 3.93. The molecular formula is C16H14Cl2N2O4. The molecule has 0 spiro atoms. The average Bonchev–Trinajstić information content (AvgIpc) is 2.91. The molecule has 6 aliphatic rings. The highest BCUT2D eigenvalue weighted by Crippen LogP contribution is 2.68. The summed E-state index contributed by atoms with van der Waals surface area (Å²) in [5, 5.41) is 0. The Hall–Kier alpha value is -1.40. The molecule has 126 valence electrons. The Morgan fingerprint density at radius 3 is 1.33 bits per heavy atom. The Morgan fingerprint density at radius 1 is 0.667 bits per heavy atom. The van der Waals surface area contributed by atoms with E-state index in [1.54, 1.807) is 0 Å². The largest absolute Gasteiger partial charge is 0.274 e. The Bertz CT molecular complexity index is 682. The number of fused-ring (bicyclic) bond motifs is 1. The molecule has 0 N–H and O–H groups in total. The zero-order chi connectivity index (χ0) is 16.9. The summed E-state index contributed by atoms with van der Waals surface area (Å²) >= 11 is 11.5. The lowest BCUT2D eigenvalue weighted by Gasteiger charge is -2.60. The first-order chi connectivity index (χ1) is 11.5. The topological polar surface area (TPSA) is 74.8 Å². The summed E-state index contributed by atoms with van der Waals surface area (Å²) in [6, 6.07) is -0.290. The molecule has 0 unspecified atom stereocenters. The minimum Gasteiger partial charge on any atom is -0.274 e. The third-order valence-corrected chi connectivity index (χ3v) is 7.24. The average molecular weight is 369 g/mol. The van der Waals surface area contributed by atoms with Crippen LogP contribution >= 0.6 is 23.2 Å². The van der Waals surface area contributed by atoms with Gasteiger partial charge >= 0.3 is 0 Å². The molecule has 24 heavy (non-hydrogen) atoms. The predicted octanol–water partition coefficient (Wildman–Crippen LogP) is 0.643. The summed E-state index contributed by atoms with van der Waals surface area (Å²) in [6.45, 7) is 0. The van der Waals surface area contributed by atoms with E-state index in [0.29, 0.717) is 0 Å². The third-order valence-electron chi connectivity index (χ3n) is 6.77. The van der Waals surface area contributed by atoms with E-state index in [-0.39, 0.29) is 59.3 Å². The van der Waals surface area contributed by atoms with Crippen LogP contribution in [0.3, 0.4) is 0 Å². The van der Waals surface area contributed by atoms with Crippen molar-refractivity contribution in [2.75, 3.05) is 12.0 Å². The predicted molar refractivity (Wildman–Crippen MR) is 82.2 cm³/mol. The lowest BCUT2D eigenvalue weighted by Crippen LogP contribution is -2.63. The molecule has 2 saturated heterocycles. The van der Waals surface area contributed by atoms with Crippen molar-refractivity contribution in [2.45, 2.75) is 0 Å². The van der Waals surface area contributed by atoms with Gasteiger partial charge in [0, 0.05) is 0 Å². The summed E-state index contributed by atoms with van der Waals surface area (Å²) < 4.78 is 0. The van der Waals surface area contributed by atoms with Gasteiger partial charge in [0.05, 0.1) is 23.7 Å². The molecule has 2 heterocycles. The number of imide groups is 2. The molecule has 0 aromatic rings. The lowest BCUT2D eigenvalue weighted by atomic mass is 9.40. The molecule has 4 aliphatic carbocycles. The minimum absolute atomic E-state index is 0.0528. The maximum atomic E-state index is 12.6. The van der Waals surface area contributed by atoms with E-state index in [9.17, 15) is 19.2 Å². The van der Waals surface area contributed by atoms with Crippen LogP contribution in [0.25, 0.3) is 0 Å². The second-order valence-electron chi connectivity index (χ2n) is 7.25. The fourth-order valence-electron chi connectivity index (χ4n) is 5.96. The number of nitrogens with zero attached hydrogens (tertiary/aromatic N) is 2. The highest BCUT2D eigenvalue weighted by atomic mass is 35.5. The highest BCUT2D eigenvalue weighted by molar-refractivity contribution is 6.22. The van der Waals surface area contributed by atoms with Gasteiger partial charge in [-0.05, 0) is 23.7 Å². The first-order valence-electron chi connectivity index (χ1n) is 8.03. The van der Waals surface area contributed by atoms with Crippen molar-refractivity contribution < 1.29 is 19.2 Å². The van der Waals surface area contributed by atoms with E-state index < -0.39 is 23.7 Å². The van der Waals surface area contributed by atoms with Gasteiger partial charge in [0.1, 0.15) is 12.0 Å². The van der Waals surface area contributed by atoms with Gasteiger partial charge in [0.25, 0.3) is 0 Å². The molecule has 8 heteroatoms. The molecule has 4 fully saturated rings. The van der Waals surface area contributed by atoms with Crippen LogP contribution in [-0.4, -0.2) is 45.4 Å². The van der Waals surface area contributed by atoms with Gasteiger partial charge < -0.3 is 0 Å². The molecule has 8 atom stereocenters. The van der Waals surface area contributed by atoms with Crippen LogP contribution in [0.5, 0.6) is 0 Å². The van der Waals surface area contributed by atoms with E-state index in [1.165, 1.54) is 0 Å². The fourth-order valence-corrected chi connectivity index (χ4v) is 6.43. The number of halogens is 2. The smallest absolute Gasteiger partial charge is 0.234 e. The Morgan fingerprint density at radius 2 is 1.00 bits per heavy atom. The van der Waals surface area contributed by atoms with Crippen LogP contribution in [0, 0.1) is 47.3 Å². The number of allylic oxidation sites excluding steroid dienone is 2. The van der Waals surface area contributed by atoms with Gasteiger partial charge in [-0.15, -0.1) is 23.2 Å². The normalized spacial score (nSPS) is 47.9. The van der Waals surface area contributed by atoms with E-state index in [0.717, 1.165) is 9.80 Å². The molecule has 2 bridgehead atoms. The van der Waals surface area contributed by atoms with E-state index in [4.69, 9.17) is 23.2 Å². The molecule has 6 rings (SSSR count). The second kappa shape index (κ2) is 4.61. The Kier molecular flexibility index (Phi) is 2.86. The molecule has 2 aliphatic heterocycles. The molecular weight excluding hydrogens is 355 g/mol. The summed E-state index contributed by atoms with van der Waals surface area (Å²) in [5.74, 6) is -3.09. The van der Waals surface area contributed by atoms with Crippen molar-refractivity contribution >= 4 is 46.8 Å². The van der Waals surface area contributed by atoms with Gasteiger partial charge in [-0.1, -0.05) is 12.2 Å². The van der Waals surface area contributed by atoms with Gasteiger partial charge in [-0.3, -0.25) is 29.0 Å². The number of hydrogen-bond donors (Lipinski definition) is 0. The van der Waals surface area contributed by atoms with Gasteiger partial charge in [0.2, 0.25) is 23.6 Å². The molecule has 2 saturated carbocycles. The quantitative estimate of drug-likeness (QED) is 0.310. The molecule has 6 nitrogen and oxygen atoms in total. The first kappa shape index (κ1) is 14.9. The maximum Gasteiger partial charge on any atom is 0.234 e. The number of hydrogen-bond acceptors (Lipinski definition) is 4. The molecule has 4 amide bonds. The van der Waals surface area contributed by atoms with Crippen molar-refractivity contribution in [3.8, 4) is 0 Å². The number of likely N-dealkylation sites (tertiary alicyclic amines) is 2. The number of carbonyl (C=O) groups excluding carboxylic acids is 4. The SMILES string of the molecule is O=C1[C@@H]2[C@@H]3C=C[C@@H]([C@H]2C(=O)N1CCl)[C@H]1[C@H]2C(=O)N(CCl)C(=O)[C@@H]2[C@@H]31. The van der Waals surface area contributed by atoms with Gasteiger partial charge in [-0.25, -0.2) is 0 Å². The number of rotatable bonds is 2. The fraction of sp³-hybridized carbons (Fsp3) is 0.625.